The van der Waals surface area contributed by atoms with Crippen LogP contribution >= 0.6 is 0 Å². The first-order valence-corrected chi connectivity index (χ1v) is 1.77. The summed E-state index contributed by atoms with van der Waals surface area (Å²) in [5.41, 5.74) is 0. The molecule has 0 aromatic rings. The molecule has 0 radical (unpaired) electrons. The molecule has 0 aliphatic carbocycles. The van der Waals surface area contributed by atoms with Crippen molar-refractivity contribution in [2.75, 3.05) is 0 Å². The van der Waals surface area contributed by atoms with Crippen LogP contribution in [0.15, 0.2) is 12.2 Å². The Labute approximate surface area is 89.9 Å². The SMILES string of the molecule is O.O.O.O=C(O)C=CC(=O)O.[NaH]. The molecule has 8 N–H and O–H groups in total. The number of hydrogen-bond donors (Lipinski definition) is 2. The van der Waals surface area contributed by atoms with Crippen molar-refractivity contribution in [3.8, 4) is 0 Å². The summed E-state index contributed by atoms with van der Waals surface area (Å²) < 4.78 is 0. The van der Waals surface area contributed by atoms with E-state index in [0.717, 1.165) is 0 Å². The number of rotatable bonds is 2. The Hall–Kier alpha value is -0.440. The van der Waals surface area contributed by atoms with Gasteiger partial charge in [-0.2, -0.15) is 0 Å². The molecule has 0 bridgehead atoms. The molecule has 0 saturated heterocycles. The zero-order chi connectivity index (χ0) is 6.57. The van der Waals surface area contributed by atoms with Crippen molar-refractivity contribution in [3.05, 3.63) is 12.2 Å². The first-order valence-electron chi connectivity index (χ1n) is 1.77. The van der Waals surface area contributed by atoms with Crippen LogP contribution in [0.2, 0.25) is 0 Å². The molecule has 0 amide bonds. The minimum absolute atomic E-state index is 0. The van der Waals surface area contributed by atoms with Crippen molar-refractivity contribution < 1.29 is 36.2 Å². The maximum atomic E-state index is 9.55. The third kappa shape index (κ3) is 33.7. The molecule has 0 unspecified atom stereocenters. The van der Waals surface area contributed by atoms with Crippen LogP contribution in [0.5, 0.6) is 0 Å². The van der Waals surface area contributed by atoms with E-state index in [0.29, 0.717) is 12.2 Å². The fourth-order valence-corrected chi connectivity index (χ4v) is 0.143. The zero-order valence-electron chi connectivity index (χ0n) is 5.37. The number of hydrogen-bond acceptors (Lipinski definition) is 2. The summed E-state index contributed by atoms with van der Waals surface area (Å²) in [6.07, 6.45) is 1.12. The molecule has 8 heteroatoms. The van der Waals surface area contributed by atoms with Gasteiger partial charge in [-0.1, -0.05) is 0 Å². The molecule has 0 heterocycles. The van der Waals surface area contributed by atoms with E-state index in [1.165, 1.54) is 0 Å². The van der Waals surface area contributed by atoms with E-state index in [2.05, 4.69) is 0 Å². The Morgan fingerprint density at radius 1 is 0.833 bits per heavy atom. The van der Waals surface area contributed by atoms with Gasteiger partial charge in [0.1, 0.15) is 0 Å². The van der Waals surface area contributed by atoms with Crippen LogP contribution in [-0.4, -0.2) is 68.1 Å². The molecule has 0 fully saturated rings. The molecule has 0 atom stereocenters. The van der Waals surface area contributed by atoms with E-state index in [1.807, 2.05) is 0 Å². The Balaban J connectivity index is -0.0000000408. The van der Waals surface area contributed by atoms with Gasteiger partial charge >= 0.3 is 41.5 Å². The van der Waals surface area contributed by atoms with Gasteiger partial charge in [0.25, 0.3) is 0 Å². The van der Waals surface area contributed by atoms with Gasteiger partial charge in [0.2, 0.25) is 0 Å². The van der Waals surface area contributed by atoms with Crippen molar-refractivity contribution in [3.63, 3.8) is 0 Å². The third-order valence-electron chi connectivity index (χ3n) is 0.368. The average molecular weight is 194 g/mol. The van der Waals surface area contributed by atoms with Gasteiger partial charge in [0, 0.05) is 12.2 Å². The zero-order valence-corrected chi connectivity index (χ0v) is 5.37. The predicted octanol–water partition coefficient (Wildman–Crippen LogP) is -3.41. The first kappa shape index (κ1) is 30.0. The van der Waals surface area contributed by atoms with Crippen LogP contribution in [0, 0.1) is 0 Å². The summed E-state index contributed by atoms with van der Waals surface area (Å²) >= 11 is 0. The van der Waals surface area contributed by atoms with E-state index >= 15 is 0 Å². The van der Waals surface area contributed by atoms with Gasteiger partial charge in [-0.25, -0.2) is 9.59 Å². The number of carbonyl (C=O) groups is 2. The predicted molar refractivity (Wildman–Crippen MR) is 42.4 cm³/mol. The standard InChI is InChI=1S/C4H4O4.Na.3H2O.H/c5-3(6)1-2-4(7)8;;;;;/h1-2H,(H,5,6)(H,7,8);;3*1H2;. The maximum absolute atomic E-state index is 9.55. The van der Waals surface area contributed by atoms with Crippen molar-refractivity contribution in [2.45, 2.75) is 0 Å². The van der Waals surface area contributed by atoms with Crippen LogP contribution in [0.25, 0.3) is 0 Å². The fraction of sp³-hybridized carbons (Fsp3) is 0. The Morgan fingerprint density at radius 2 is 1.00 bits per heavy atom. The summed E-state index contributed by atoms with van der Waals surface area (Å²) in [7, 11) is 0. The second-order valence-electron chi connectivity index (χ2n) is 1.01. The van der Waals surface area contributed by atoms with Crippen LogP contribution in [0.1, 0.15) is 0 Å². The van der Waals surface area contributed by atoms with E-state index in [-0.39, 0.29) is 46.0 Å². The molecule has 7 nitrogen and oxygen atoms in total. The Bertz CT molecular complexity index is 126. The van der Waals surface area contributed by atoms with Crippen LogP contribution < -0.4 is 0 Å². The normalized spacial score (nSPS) is 6.33. The fourth-order valence-electron chi connectivity index (χ4n) is 0.143. The second kappa shape index (κ2) is 16.9. The van der Waals surface area contributed by atoms with Gasteiger partial charge in [-0.05, 0) is 0 Å². The van der Waals surface area contributed by atoms with Crippen molar-refractivity contribution in [1.29, 1.82) is 0 Å². The van der Waals surface area contributed by atoms with Gasteiger partial charge in [-0.15, -0.1) is 0 Å². The molecule has 0 rings (SSSR count). The number of aliphatic carboxylic acids is 2. The third-order valence-corrected chi connectivity index (χ3v) is 0.368. The minimum atomic E-state index is -1.26. The summed E-state index contributed by atoms with van der Waals surface area (Å²) in [6.45, 7) is 0. The molecule has 0 aromatic heterocycles. The summed E-state index contributed by atoms with van der Waals surface area (Å²) in [4.78, 5) is 19.1. The molecule has 12 heavy (non-hydrogen) atoms. The summed E-state index contributed by atoms with van der Waals surface area (Å²) in [6, 6.07) is 0. The molecule has 0 aliphatic heterocycles. The van der Waals surface area contributed by atoms with Crippen LogP contribution in [-0.2, 0) is 9.59 Å². The molecular weight excluding hydrogens is 183 g/mol. The quantitative estimate of drug-likeness (QED) is 0.344. The molecule has 0 spiro atoms. The molecule has 0 aliphatic rings. The molecule has 0 aromatic carbocycles. The van der Waals surface area contributed by atoms with Gasteiger partial charge in [0.15, 0.2) is 0 Å². The van der Waals surface area contributed by atoms with Crippen molar-refractivity contribution in [1.82, 2.24) is 0 Å². The van der Waals surface area contributed by atoms with Crippen molar-refractivity contribution >= 4 is 41.5 Å². The summed E-state index contributed by atoms with van der Waals surface area (Å²) in [5.74, 6) is -2.51. The topological polar surface area (TPSA) is 169 Å². The average Bonchev–Trinajstić information content (AvgIpc) is 1.61. The van der Waals surface area contributed by atoms with E-state index < -0.39 is 11.9 Å². The Morgan fingerprint density at radius 3 is 1.08 bits per heavy atom. The van der Waals surface area contributed by atoms with Gasteiger partial charge in [0.05, 0.1) is 0 Å². The molecule has 70 valence electrons. The van der Waals surface area contributed by atoms with Crippen molar-refractivity contribution in [2.24, 2.45) is 0 Å². The molecule has 0 saturated carbocycles. The van der Waals surface area contributed by atoms with E-state index in [9.17, 15) is 9.59 Å². The van der Waals surface area contributed by atoms with Gasteiger partial charge in [-0.3, -0.25) is 0 Å². The van der Waals surface area contributed by atoms with Gasteiger partial charge < -0.3 is 26.6 Å². The Kier molecular flexibility index (Phi) is 42.2. The monoisotopic (exact) mass is 194 g/mol. The van der Waals surface area contributed by atoms with E-state index in [1.54, 1.807) is 0 Å². The number of carboxylic acid groups (broad SMARTS) is 2. The van der Waals surface area contributed by atoms with Crippen LogP contribution in [0.3, 0.4) is 0 Å². The summed E-state index contributed by atoms with van der Waals surface area (Å²) in [5, 5.41) is 15.6. The number of carboxylic acids is 2. The second-order valence-corrected chi connectivity index (χ2v) is 1.01. The molecular formula is C4H11NaO7. The van der Waals surface area contributed by atoms with Crippen LogP contribution in [0.4, 0.5) is 0 Å². The van der Waals surface area contributed by atoms with E-state index in [4.69, 9.17) is 10.2 Å². The first-order chi connectivity index (χ1) is 3.63.